The van der Waals surface area contributed by atoms with E-state index in [0.29, 0.717) is 0 Å². The molecule has 3 rings (SSSR count). The van der Waals surface area contributed by atoms with Gasteiger partial charge >= 0.3 is 0 Å². The topological polar surface area (TPSA) is 24.9 Å². The third-order valence-electron chi connectivity index (χ3n) is 4.27. The molecule has 1 aromatic heterocycles. The number of nitrogens with zero attached hydrogens (tertiary/aromatic N) is 1. The lowest BCUT2D eigenvalue weighted by Crippen LogP contribution is -2.18. The SMILES string of the molecule is CCc1nc(C(C)(C)c2ccccc2)sc1CNC1CC1. The monoisotopic (exact) mass is 300 g/mol. The molecular weight excluding hydrogens is 276 g/mol. The largest absolute Gasteiger partial charge is 0.309 e. The van der Waals surface area contributed by atoms with Crippen molar-refractivity contribution in [2.45, 2.75) is 58.0 Å². The second kappa shape index (κ2) is 5.90. The van der Waals surface area contributed by atoms with Crippen LogP contribution in [0, 0.1) is 0 Å². The van der Waals surface area contributed by atoms with Gasteiger partial charge in [0, 0.05) is 22.9 Å². The highest BCUT2D eigenvalue weighted by Gasteiger charge is 2.28. The Morgan fingerprint density at radius 1 is 1.24 bits per heavy atom. The van der Waals surface area contributed by atoms with Crippen LogP contribution in [0.2, 0.25) is 0 Å². The molecule has 0 atom stereocenters. The van der Waals surface area contributed by atoms with Crippen LogP contribution in [-0.4, -0.2) is 11.0 Å². The fourth-order valence-corrected chi connectivity index (χ4v) is 3.79. The van der Waals surface area contributed by atoms with E-state index in [2.05, 4.69) is 56.4 Å². The summed E-state index contributed by atoms with van der Waals surface area (Å²) < 4.78 is 0. The van der Waals surface area contributed by atoms with E-state index in [9.17, 15) is 0 Å². The average Bonchev–Trinajstić information content (AvgIpc) is 3.24. The molecule has 2 aromatic rings. The number of rotatable bonds is 6. The lowest BCUT2D eigenvalue weighted by atomic mass is 9.85. The smallest absolute Gasteiger partial charge is 0.103 e. The Bertz CT molecular complexity index is 597. The molecule has 1 saturated carbocycles. The highest BCUT2D eigenvalue weighted by atomic mass is 32.1. The first-order chi connectivity index (χ1) is 10.1. The first kappa shape index (κ1) is 14.7. The van der Waals surface area contributed by atoms with Crippen LogP contribution in [0.15, 0.2) is 30.3 Å². The van der Waals surface area contributed by atoms with Gasteiger partial charge in [0.2, 0.25) is 0 Å². The third-order valence-corrected chi connectivity index (χ3v) is 5.69. The lowest BCUT2D eigenvalue weighted by molar-refractivity contribution is 0.631. The quantitative estimate of drug-likeness (QED) is 0.861. The Labute approximate surface area is 131 Å². The van der Waals surface area contributed by atoms with E-state index in [4.69, 9.17) is 4.98 Å². The molecule has 0 saturated heterocycles. The normalized spacial score (nSPS) is 15.4. The molecule has 112 valence electrons. The summed E-state index contributed by atoms with van der Waals surface area (Å²) in [4.78, 5) is 6.37. The molecule has 0 amide bonds. The standard InChI is InChI=1S/C18H24N2S/c1-4-15-16(12-19-14-10-11-14)21-17(20-15)18(2,3)13-8-6-5-7-9-13/h5-9,14,19H,4,10-12H2,1-3H3. The van der Waals surface area contributed by atoms with E-state index >= 15 is 0 Å². The maximum Gasteiger partial charge on any atom is 0.103 e. The summed E-state index contributed by atoms with van der Waals surface area (Å²) in [5.74, 6) is 0. The van der Waals surface area contributed by atoms with E-state index in [1.54, 1.807) is 0 Å². The van der Waals surface area contributed by atoms with Gasteiger partial charge in [0.05, 0.1) is 5.69 Å². The number of benzene rings is 1. The fraction of sp³-hybridized carbons (Fsp3) is 0.500. The fourth-order valence-electron chi connectivity index (χ4n) is 2.57. The van der Waals surface area contributed by atoms with E-state index in [-0.39, 0.29) is 5.41 Å². The minimum atomic E-state index is -0.0202. The predicted molar refractivity (Wildman–Crippen MR) is 89.9 cm³/mol. The molecule has 0 spiro atoms. The van der Waals surface area contributed by atoms with Crippen LogP contribution in [0.1, 0.15) is 54.8 Å². The van der Waals surface area contributed by atoms with Gasteiger partial charge in [0.1, 0.15) is 5.01 Å². The minimum Gasteiger partial charge on any atom is -0.309 e. The zero-order chi connectivity index (χ0) is 14.9. The maximum atomic E-state index is 4.95. The Kier molecular flexibility index (Phi) is 4.14. The van der Waals surface area contributed by atoms with Crippen molar-refractivity contribution in [3.8, 4) is 0 Å². The molecule has 1 heterocycles. The number of nitrogens with one attached hydrogen (secondary N) is 1. The first-order valence-corrected chi connectivity index (χ1v) is 8.71. The van der Waals surface area contributed by atoms with Crippen LogP contribution in [0.5, 0.6) is 0 Å². The van der Waals surface area contributed by atoms with Crippen molar-refractivity contribution in [3.63, 3.8) is 0 Å². The molecule has 1 aliphatic carbocycles. The van der Waals surface area contributed by atoms with Crippen molar-refractivity contribution in [1.82, 2.24) is 10.3 Å². The number of aryl methyl sites for hydroxylation is 1. The number of aromatic nitrogens is 1. The second-order valence-electron chi connectivity index (χ2n) is 6.39. The summed E-state index contributed by atoms with van der Waals surface area (Å²) in [7, 11) is 0. The van der Waals surface area contributed by atoms with Crippen molar-refractivity contribution >= 4 is 11.3 Å². The summed E-state index contributed by atoms with van der Waals surface area (Å²) in [5.41, 5.74) is 2.59. The molecule has 1 aliphatic rings. The molecule has 0 unspecified atom stereocenters. The summed E-state index contributed by atoms with van der Waals surface area (Å²) in [6.45, 7) is 7.74. The van der Waals surface area contributed by atoms with Gasteiger partial charge in [0.25, 0.3) is 0 Å². The molecule has 3 heteroatoms. The van der Waals surface area contributed by atoms with Gasteiger partial charge in [0.15, 0.2) is 0 Å². The van der Waals surface area contributed by atoms with Crippen molar-refractivity contribution in [2.24, 2.45) is 0 Å². The van der Waals surface area contributed by atoms with Crippen LogP contribution < -0.4 is 5.32 Å². The molecule has 1 aromatic carbocycles. The Hall–Kier alpha value is -1.19. The zero-order valence-electron chi connectivity index (χ0n) is 13.1. The molecule has 0 aliphatic heterocycles. The Morgan fingerprint density at radius 2 is 1.95 bits per heavy atom. The molecule has 2 nitrogen and oxygen atoms in total. The highest BCUT2D eigenvalue weighted by molar-refractivity contribution is 7.12. The first-order valence-electron chi connectivity index (χ1n) is 7.89. The van der Waals surface area contributed by atoms with E-state index < -0.39 is 0 Å². The van der Waals surface area contributed by atoms with Gasteiger partial charge < -0.3 is 5.32 Å². The predicted octanol–water partition coefficient (Wildman–Crippen LogP) is 4.28. The summed E-state index contributed by atoms with van der Waals surface area (Å²) in [5, 5.41) is 4.86. The highest BCUT2D eigenvalue weighted by Crippen LogP contribution is 2.36. The molecule has 1 fully saturated rings. The van der Waals surface area contributed by atoms with Crippen LogP contribution in [0.3, 0.4) is 0 Å². The van der Waals surface area contributed by atoms with Crippen molar-refractivity contribution in [3.05, 3.63) is 51.5 Å². The summed E-state index contributed by atoms with van der Waals surface area (Å²) in [6.07, 6.45) is 3.69. The van der Waals surface area contributed by atoms with Crippen LogP contribution in [-0.2, 0) is 18.4 Å². The van der Waals surface area contributed by atoms with Crippen LogP contribution >= 0.6 is 11.3 Å². The number of hydrogen-bond donors (Lipinski definition) is 1. The number of hydrogen-bond acceptors (Lipinski definition) is 3. The zero-order valence-corrected chi connectivity index (χ0v) is 14.0. The van der Waals surface area contributed by atoms with Crippen molar-refractivity contribution in [1.29, 1.82) is 0 Å². The molecule has 0 bridgehead atoms. The van der Waals surface area contributed by atoms with Gasteiger partial charge in [-0.15, -0.1) is 11.3 Å². The Morgan fingerprint density at radius 3 is 2.57 bits per heavy atom. The van der Waals surface area contributed by atoms with Gasteiger partial charge in [-0.3, -0.25) is 0 Å². The van der Waals surface area contributed by atoms with E-state index in [1.165, 1.54) is 34.0 Å². The van der Waals surface area contributed by atoms with Gasteiger partial charge in [-0.05, 0) is 38.7 Å². The molecule has 1 N–H and O–H groups in total. The average molecular weight is 300 g/mol. The number of thiazole rings is 1. The van der Waals surface area contributed by atoms with E-state index in [1.807, 2.05) is 11.3 Å². The molecular formula is C18H24N2S. The molecule has 0 radical (unpaired) electrons. The summed E-state index contributed by atoms with van der Waals surface area (Å²) >= 11 is 1.88. The summed E-state index contributed by atoms with van der Waals surface area (Å²) in [6, 6.07) is 11.5. The van der Waals surface area contributed by atoms with Crippen molar-refractivity contribution in [2.75, 3.05) is 0 Å². The van der Waals surface area contributed by atoms with E-state index in [0.717, 1.165) is 19.0 Å². The van der Waals surface area contributed by atoms with Gasteiger partial charge in [-0.25, -0.2) is 4.98 Å². The van der Waals surface area contributed by atoms with Crippen LogP contribution in [0.4, 0.5) is 0 Å². The van der Waals surface area contributed by atoms with Gasteiger partial charge in [-0.2, -0.15) is 0 Å². The maximum absolute atomic E-state index is 4.95. The Balaban J connectivity index is 1.86. The third kappa shape index (κ3) is 3.19. The second-order valence-corrected chi connectivity index (χ2v) is 7.47. The van der Waals surface area contributed by atoms with Crippen LogP contribution in [0.25, 0.3) is 0 Å². The van der Waals surface area contributed by atoms with Gasteiger partial charge in [-0.1, -0.05) is 37.3 Å². The molecule has 21 heavy (non-hydrogen) atoms. The minimum absolute atomic E-state index is 0.0202. The van der Waals surface area contributed by atoms with Crippen molar-refractivity contribution < 1.29 is 0 Å². The lowest BCUT2D eigenvalue weighted by Gasteiger charge is -2.22.